The van der Waals surface area contributed by atoms with Crippen LogP contribution in [-0.2, 0) is 16.9 Å². The van der Waals surface area contributed by atoms with Crippen LogP contribution < -0.4 is 0 Å². The van der Waals surface area contributed by atoms with Crippen molar-refractivity contribution >= 4 is 0 Å². The van der Waals surface area contributed by atoms with E-state index < -0.39 is 5.60 Å². The number of ether oxygens (including phenoxy) is 1. The molecule has 1 atom stereocenters. The molecule has 1 aliphatic rings. The van der Waals surface area contributed by atoms with Crippen LogP contribution in [0.25, 0.3) is 0 Å². The van der Waals surface area contributed by atoms with Crippen molar-refractivity contribution in [1.29, 1.82) is 0 Å². The van der Waals surface area contributed by atoms with E-state index in [1.54, 1.807) is 13.3 Å². The van der Waals surface area contributed by atoms with E-state index >= 15 is 0 Å². The Morgan fingerprint density at radius 1 is 1.62 bits per heavy atom. The lowest BCUT2D eigenvalue weighted by Gasteiger charge is -2.27. The van der Waals surface area contributed by atoms with Crippen molar-refractivity contribution in [3.63, 3.8) is 0 Å². The van der Waals surface area contributed by atoms with Gasteiger partial charge in [-0.2, -0.15) is 0 Å². The summed E-state index contributed by atoms with van der Waals surface area (Å²) >= 11 is 0. The number of aryl methyl sites for hydroxylation is 1. The molecule has 0 amide bonds. The predicted molar refractivity (Wildman–Crippen MR) is 61.0 cm³/mol. The van der Waals surface area contributed by atoms with Gasteiger partial charge in [0.1, 0.15) is 11.4 Å². The summed E-state index contributed by atoms with van der Waals surface area (Å²) in [6.07, 6.45) is 6.87. The molecule has 0 spiro atoms. The molecule has 1 saturated carbocycles. The van der Waals surface area contributed by atoms with Gasteiger partial charge in [0.05, 0.1) is 6.61 Å². The van der Waals surface area contributed by atoms with Crippen LogP contribution in [-0.4, -0.2) is 28.4 Å². The zero-order valence-electron chi connectivity index (χ0n) is 10.0. The van der Waals surface area contributed by atoms with E-state index in [0.717, 1.165) is 31.6 Å². The highest BCUT2D eigenvalue weighted by molar-refractivity contribution is 5.11. The molecule has 0 aliphatic heterocycles. The number of methoxy groups -OCH3 is 1. The molecule has 1 aliphatic carbocycles. The van der Waals surface area contributed by atoms with Crippen LogP contribution in [0.4, 0.5) is 0 Å². The third-order valence-electron chi connectivity index (χ3n) is 3.18. The maximum absolute atomic E-state index is 10.7. The summed E-state index contributed by atoms with van der Waals surface area (Å²) < 4.78 is 7.20. The van der Waals surface area contributed by atoms with E-state index in [9.17, 15) is 5.11 Å². The quantitative estimate of drug-likeness (QED) is 0.797. The molecule has 1 N–H and O–H groups in total. The van der Waals surface area contributed by atoms with E-state index in [0.29, 0.717) is 12.5 Å². The zero-order valence-corrected chi connectivity index (χ0v) is 10.0. The van der Waals surface area contributed by atoms with E-state index in [4.69, 9.17) is 4.74 Å². The molecule has 4 heteroatoms. The van der Waals surface area contributed by atoms with Gasteiger partial charge in [-0.15, -0.1) is 0 Å². The van der Waals surface area contributed by atoms with Crippen LogP contribution in [0.3, 0.4) is 0 Å². The molecule has 4 nitrogen and oxygen atoms in total. The SMILES string of the molecule is CCCn1ccnc1C(O)(COC)C1CC1. The van der Waals surface area contributed by atoms with Crippen LogP contribution >= 0.6 is 0 Å². The molecule has 0 saturated heterocycles. The molecule has 2 rings (SSSR count). The summed E-state index contributed by atoms with van der Waals surface area (Å²) in [6.45, 7) is 3.35. The van der Waals surface area contributed by atoms with E-state index in [1.807, 2.05) is 10.8 Å². The number of hydrogen-bond acceptors (Lipinski definition) is 3. The second-order valence-electron chi connectivity index (χ2n) is 4.58. The van der Waals surface area contributed by atoms with Crippen molar-refractivity contribution < 1.29 is 9.84 Å². The van der Waals surface area contributed by atoms with E-state index in [-0.39, 0.29) is 0 Å². The average Bonchev–Trinajstić information content (AvgIpc) is 3.01. The molecule has 16 heavy (non-hydrogen) atoms. The predicted octanol–water partition coefficient (Wildman–Crippen LogP) is 1.54. The molecule has 1 heterocycles. The van der Waals surface area contributed by atoms with E-state index in [2.05, 4.69) is 11.9 Å². The van der Waals surface area contributed by atoms with Crippen LogP contribution in [0.2, 0.25) is 0 Å². The average molecular weight is 224 g/mol. The van der Waals surface area contributed by atoms with Crippen molar-refractivity contribution in [1.82, 2.24) is 9.55 Å². The first kappa shape index (κ1) is 11.6. The highest BCUT2D eigenvalue weighted by atomic mass is 16.5. The molecule has 1 aromatic heterocycles. The van der Waals surface area contributed by atoms with Gasteiger partial charge >= 0.3 is 0 Å². The number of rotatable bonds is 6. The summed E-state index contributed by atoms with van der Waals surface area (Å²) in [4.78, 5) is 4.32. The molecule has 90 valence electrons. The van der Waals surface area contributed by atoms with Crippen LogP contribution in [0.1, 0.15) is 32.0 Å². The Bertz CT molecular complexity index is 347. The third kappa shape index (κ3) is 1.99. The first-order valence-electron chi connectivity index (χ1n) is 5.95. The third-order valence-corrected chi connectivity index (χ3v) is 3.18. The Hall–Kier alpha value is -0.870. The van der Waals surface area contributed by atoms with Crippen molar-refractivity contribution in [3.8, 4) is 0 Å². The van der Waals surface area contributed by atoms with Crippen LogP contribution in [0.5, 0.6) is 0 Å². The highest BCUT2D eigenvalue weighted by Crippen LogP contribution is 2.45. The lowest BCUT2D eigenvalue weighted by molar-refractivity contribution is -0.0620. The van der Waals surface area contributed by atoms with Crippen molar-refractivity contribution in [2.45, 2.75) is 38.3 Å². The van der Waals surface area contributed by atoms with Crippen molar-refractivity contribution in [2.24, 2.45) is 5.92 Å². The molecule has 0 bridgehead atoms. The van der Waals surface area contributed by atoms with E-state index in [1.165, 1.54) is 0 Å². The maximum atomic E-state index is 10.7. The molecule has 0 aromatic carbocycles. The van der Waals surface area contributed by atoms with Gasteiger partial charge in [0, 0.05) is 26.0 Å². The monoisotopic (exact) mass is 224 g/mol. The minimum Gasteiger partial charge on any atom is -0.381 e. The fourth-order valence-corrected chi connectivity index (χ4v) is 2.26. The zero-order chi connectivity index (χ0) is 11.6. The molecule has 0 radical (unpaired) electrons. The molecular formula is C12H20N2O2. The maximum Gasteiger partial charge on any atom is 0.148 e. The van der Waals surface area contributed by atoms with Crippen molar-refractivity contribution in [2.75, 3.05) is 13.7 Å². The summed E-state index contributed by atoms with van der Waals surface area (Å²) in [6, 6.07) is 0. The Labute approximate surface area is 96.3 Å². The summed E-state index contributed by atoms with van der Waals surface area (Å²) in [5.41, 5.74) is -0.895. The normalized spacial score (nSPS) is 19.7. The first-order chi connectivity index (χ1) is 7.72. The Balaban J connectivity index is 2.27. The first-order valence-corrected chi connectivity index (χ1v) is 5.95. The van der Waals surface area contributed by atoms with Gasteiger partial charge in [0.25, 0.3) is 0 Å². The molecule has 1 unspecified atom stereocenters. The lowest BCUT2D eigenvalue weighted by Crippen LogP contribution is -2.37. The minimum atomic E-state index is -0.895. The van der Waals surface area contributed by atoms with Gasteiger partial charge in [-0.3, -0.25) is 0 Å². The van der Waals surface area contributed by atoms with Crippen LogP contribution in [0, 0.1) is 5.92 Å². The Kier molecular flexibility index (Phi) is 3.30. The number of imidazole rings is 1. The minimum absolute atomic E-state index is 0.311. The fraction of sp³-hybridized carbons (Fsp3) is 0.750. The number of aromatic nitrogens is 2. The smallest absolute Gasteiger partial charge is 0.148 e. The summed E-state index contributed by atoms with van der Waals surface area (Å²) in [5, 5.41) is 10.7. The summed E-state index contributed by atoms with van der Waals surface area (Å²) in [7, 11) is 1.63. The molecule has 1 fully saturated rings. The Morgan fingerprint density at radius 2 is 2.38 bits per heavy atom. The lowest BCUT2D eigenvalue weighted by atomic mass is 9.97. The number of nitrogens with zero attached hydrogens (tertiary/aromatic N) is 2. The second-order valence-corrected chi connectivity index (χ2v) is 4.58. The fourth-order valence-electron chi connectivity index (χ4n) is 2.26. The number of hydrogen-bond donors (Lipinski definition) is 1. The Morgan fingerprint density at radius 3 is 2.94 bits per heavy atom. The second kappa shape index (κ2) is 4.55. The van der Waals surface area contributed by atoms with Gasteiger partial charge in [-0.25, -0.2) is 4.98 Å². The topological polar surface area (TPSA) is 47.3 Å². The standard InChI is InChI=1S/C12H20N2O2/c1-3-7-14-8-6-13-11(14)12(15,9-16-2)10-4-5-10/h6,8,10,15H,3-5,7,9H2,1-2H3. The molecular weight excluding hydrogens is 204 g/mol. The van der Waals surface area contributed by atoms with Crippen LogP contribution in [0.15, 0.2) is 12.4 Å². The molecule has 1 aromatic rings. The van der Waals surface area contributed by atoms with Gasteiger partial charge in [-0.1, -0.05) is 6.92 Å². The largest absolute Gasteiger partial charge is 0.381 e. The van der Waals surface area contributed by atoms with Gasteiger partial charge in [0.15, 0.2) is 0 Å². The summed E-state index contributed by atoms with van der Waals surface area (Å²) in [5.74, 6) is 1.07. The van der Waals surface area contributed by atoms with Crippen molar-refractivity contribution in [3.05, 3.63) is 18.2 Å². The van der Waals surface area contributed by atoms with Gasteiger partial charge in [-0.05, 0) is 25.2 Å². The number of aliphatic hydroxyl groups is 1. The highest BCUT2D eigenvalue weighted by Gasteiger charge is 2.47. The van der Waals surface area contributed by atoms with Gasteiger partial charge in [0.2, 0.25) is 0 Å². The van der Waals surface area contributed by atoms with Gasteiger partial charge < -0.3 is 14.4 Å².